The first-order chi connectivity index (χ1) is 9.40. The SMILES string of the molecule is C[C@H](CC(=O)O)C(=O)N[C@@H](Cc1ccccc1)C(N)=O. The van der Waals surface area contributed by atoms with Crippen LogP contribution in [-0.4, -0.2) is 28.9 Å². The van der Waals surface area contributed by atoms with Crippen LogP contribution >= 0.6 is 0 Å². The van der Waals surface area contributed by atoms with Crippen LogP contribution in [0.15, 0.2) is 30.3 Å². The number of carboxylic acid groups (broad SMARTS) is 1. The Bertz CT molecular complexity index is 487. The van der Waals surface area contributed by atoms with E-state index < -0.39 is 29.7 Å². The topological polar surface area (TPSA) is 109 Å². The van der Waals surface area contributed by atoms with Crippen molar-refractivity contribution >= 4 is 17.8 Å². The van der Waals surface area contributed by atoms with Crippen LogP contribution in [0, 0.1) is 5.92 Å². The van der Waals surface area contributed by atoms with Gasteiger partial charge in [0.15, 0.2) is 0 Å². The summed E-state index contributed by atoms with van der Waals surface area (Å²) in [6.07, 6.45) is -0.00957. The predicted octanol–water partition coefficient (Wildman–Crippen LogP) is 0.310. The normalized spacial score (nSPS) is 13.2. The molecule has 0 saturated carbocycles. The van der Waals surface area contributed by atoms with E-state index in [9.17, 15) is 14.4 Å². The summed E-state index contributed by atoms with van der Waals surface area (Å²) < 4.78 is 0. The van der Waals surface area contributed by atoms with E-state index in [2.05, 4.69) is 5.32 Å². The lowest BCUT2D eigenvalue weighted by Crippen LogP contribution is -2.47. The summed E-state index contributed by atoms with van der Waals surface area (Å²) in [6, 6.07) is 8.29. The molecule has 2 atom stereocenters. The average molecular weight is 278 g/mol. The molecule has 0 radical (unpaired) electrons. The van der Waals surface area contributed by atoms with Crippen LogP contribution in [0.2, 0.25) is 0 Å². The molecule has 0 heterocycles. The van der Waals surface area contributed by atoms with E-state index in [0.29, 0.717) is 0 Å². The maximum atomic E-state index is 11.8. The van der Waals surface area contributed by atoms with Gasteiger partial charge in [0.05, 0.1) is 6.42 Å². The number of carboxylic acids is 1. The van der Waals surface area contributed by atoms with Gasteiger partial charge < -0.3 is 16.2 Å². The number of hydrogen-bond donors (Lipinski definition) is 3. The van der Waals surface area contributed by atoms with Gasteiger partial charge in [0.25, 0.3) is 0 Å². The third-order valence-electron chi connectivity index (χ3n) is 2.87. The fraction of sp³-hybridized carbons (Fsp3) is 0.357. The molecule has 1 rings (SSSR count). The van der Waals surface area contributed by atoms with E-state index >= 15 is 0 Å². The Hall–Kier alpha value is -2.37. The van der Waals surface area contributed by atoms with Crippen molar-refractivity contribution < 1.29 is 19.5 Å². The molecule has 0 bridgehead atoms. The van der Waals surface area contributed by atoms with E-state index in [-0.39, 0.29) is 12.8 Å². The van der Waals surface area contributed by atoms with E-state index in [1.807, 2.05) is 30.3 Å². The van der Waals surface area contributed by atoms with Crippen LogP contribution < -0.4 is 11.1 Å². The van der Waals surface area contributed by atoms with Gasteiger partial charge in [0.2, 0.25) is 11.8 Å². The van der Waals surface area contributed by atoms with Crippen molar-refractivity contribution in [1.82, 2.24) is 5.32 Å². The Morgan fingerprint density at radius 1 is 1.25 bits per heavy atom. The smallest absolute Gasteiger partial charge is 0.304 e. The molecule has 20 heavy (non-hydrogen) atoms. The molecule has 0 fully saturated rings. The monoisotopic (exact) mass is 278 g/mol. The minimum atomic E-state index is -1.06. The highest BCUT2D eigenvalue weighted by atomic mass is 16.4. The summed E-state index contributed by atoms with van der Waals surface area (Å²) in [4.78, 5) is 33.7. The Labute approximate surface area is 117 Å². The molecule has 6 nitrogen and oxygen atoms in total. The molecule has 0 saturated heterocycles. The summed E-state index contributed by atoms with van der Waals surface area (Å²) in [7, 11) is 0. The largest absolute Gasteiger partial charge is 0.481 e. The molecular formula is C14H18N2O4. The first kappa shape index (κ1) is 15.7. The molecule has 0 aliphatic heterocycles. The lowest BCUT2D eigenvalue weighted by molar-refractivity contribution is -0.141. The van der Waals surface area contributed by atoms with E-state index in [1.165, 1.54) is 6.92 Å². The first-order valence-corrected chi connectivity index (χ1v) is 6.25. The molecule has 108 valence electrons. The molecule has 0 aliphatic carbocycles. The van der Waals surface area contributed by atoms with Crippen molar-refractivity contribution in [1.29, 1.82) is 0 Å². The minimum absolute atomic E-state index is 0.279. The minimum Gasteiger partial charge on any atom is -0.481 e. The fourth-order valence-electron chi connectivity index (χ4n) is 1.74. The number of rotatable bonds is 7. The molecule has 2 amide bonds. The van der Waals surface area contributed by atoms with E-state index in [1.54, 1.807) is 0 Å². The number of hydrogen-bond acceptors (Lipinski definition) is 3. The van der Waals surface area contributed by atoms with Crippen LogP contribution in [0.5, 0.6) is 0 Å². The zero-order valence-corrected chi connectivity index (χ0v) is 11.2. The van der Waals surface area contributed by atoms with Crippen molar-refractivity contribution in [2.24, 2.45) is 11.7 Å². The molecule has 1 aromatic rings. The standard InChI is InChI=1S/C14H18N2O4/c1-9(7-12(17)18)14(20)16-11(13(15)19)8-10-5-3-2-4-6-10/h2-6,9,11H,7-8H2,1H3,(H2,15,19)(H,16,20)(H,17,18)/t9-,11+/m1/s1. The third-order valence-corrected chi connectivity index (χ3v) is 2.87. The number of carbonyl (C=O) groups is 3. The zero-order chi connectivity index (χ0) is 15.1. The Morgan fingerprint density at radius 3 is 2.35 bits per heavy atom. The van der Waals surface area contributed by atoms with Gasteiger partial charge in [-0.1, -0.05) is 37.3 Å². The summed E-state index contributed by atoms with van der Waals surface area (Å²) in [5, 5.41) is 11.1. The zero-order valence-electron chi connectivity index (χ0n) is 11.2. The van der Waals surface area contributed by atoms with Crippen LogP contribution in [0.3, 0.4) is 0 Å². The second-order valence-corrected chi connectivity index (χ2v) is 4.65. The molecule has 0 spiro atoms. The highest BCUT2D eigenvalue weighted by Gasteiger charge is 2.23. The number of primary amides is 1. The Balaban J connectivity index is 2.66. The third kappa shape index (κ3) is 5.09. The van der Waals surface area contributed by atoms with Gasteiger partial charge in [-0.2, -0.15) is 0 Å². The van der Waals surface area contributed by atoms with Gasteiger partial charge in [-0.3, -0.25) is 14.4 Å². The van der Waals surface area contributed by atoms with Gasteiger partial charge in [-0.15, -0.1) is 0 Å². The van der Waals surface area contributed by atoms with E-state index in [0.717, 1.165) is 5.56 Å². The fourth-order valence-corrected chi connectivity index (χ4v) is 1.74. The second kappa shape index (κ2) is 7.28. The molecule has 0 unspecified atom stereocenters. The summed E-state index contributed by atoms with van der Waals surface area (Å²) in [5.74, 6) is -2.92. The highest BCUT2D eigenvalue weighted by molar-refractivity contribution is 5.89. The Morgan fingerprint density at radius 2 is 1.85 bits per heavy atom. The predicted molar refractivity (Wildman–Crippen MR) is 72.7 cm³/mol. The van der Waals surface area contributed by atoms with Gasteiger partial charge in [0, 0.05) is 12.3 Å². The van der Waals surface area contributed by atoms with Crippen molar-refractivity contribution in [2.45, 2.75) is 25.8 Å². The Kier molecular flexibility index (Phi) is 5.71. The van der Waals surface area contributed by atoms with Crippen molar-refractivity contribution in [3.63, 3.8) is 0 Å². The number of aliphatic carboxylic acids is 1. The quantitative estimate of drug-likeness (QED) is 0.666. The number of nitrogens with one attached hydrogen (secondary N) is 1. The van der Waals surface area contributed by atoms with Crippen molar-refractivity contribution in [3.8, 4) is 0 Å². The summed E-state index contributed by atoms with van der Waals surface area (Å²) in [5.41, 5.74) is 6.13. The molecule has 0 aliphatic rings. The van der Waals surface area contributed by atoms with Gasteiger partial charge in [0.1, 0.15) is 6.04 Å². The van der Waals surface area contributed by atoms with Crippen LogP contribution in [0.1, 0.15) is 18.9 Å². The molecular weight excluding hydrogens is 260 g/mol. The number of carbonyl (C=O) groups excluding carboxylic acids is 2. The number of amides is 2. The number of nitrogens with two attached hydrogens (primary N) is 1. The molecule has 0 aromatic heterocycles. The summed E-state index contributed by atoms with van der Waals surface area (Å²) >= 11 is 0. The van der Waals surface area contributed by atoms with Crippen molar-refractivity contribution in [3.05, 3.63) is 35.9 Å². The van der Waals surface area contributed by atoms with E-state index in [4.69, 9.17) is 10.8 Å². The lowest BCUT2D eigenvalue weighted by atomic mass is 10.0. The van der Waals surface area contributed by atoms with Gasteiger partial charge in [-0.05, 0) is 5.56 Å². The summed E-state index contributed by atoms with van der Waals surface area (Å²) in [6.45, 7) is 1.49. The molecule has 1 aromatic carbocycles. The van der Waals surface area contributed by atoms with Crippen LogP contribution in [0.4, 0.5) is 0 Å². The maximum Gasteiger partial charge on any atom is 0.304 e. The lowest BCUT2D eigenvalue weighted by Gasteiger charge is -2.18. The average Bonchev–Trinajstić information content (AvgIpc) is 2.38. The van der Waals surface area contributed by atoms with Crippen molar-refractivity contribution in [2.75, 3.05) is 0 Å². The molecule has 4 N–H and O–H groups in total. The van der Waals surface area contributed by atoms with Gasteiger partial charge in [-0.25, -0.2) is 0 Å². The molecule has 6 heteroatoms. The highest BCUT2D eigenvalue weighted by Crippen LogP contribution is 2.06. The second-order valence-electron chi connectivity index (χ2n) is 4.65. The maximum absolute atomic E-state index is 11.8. The number of benzene rings is 1. The van der Waals surface area contributed by atoms with Crippen LogP contribution in [-0.2, 0) is 20.8 Å². The van der Waals surface area contributed by atoms with Crippen LogP contribution in [0.25, 0.3) is 0 Å². The van der Waals surface area contributed by atoms with Gasteiger partial charge >= 0.3 is 5.97 Å². The first-order valence-electron chi connectivity index (χ1n) is 6.25.